The van der Waals surface area contributed by atoms with Crippen molar-refractivity contribution in [2.45, 2.75) is 0 Å². The molecule has 10 heteroatoms. The van der Waals surface area contributed by atoms with Gasteiger partial charge in [-0.05, 0) is 0 Å². The number of hydrogen-bond donors (Lipinski definition) is 2. The predicted molar refractivity (Wildman–Crippen MR) is 55.4 cm³/mol. The molecule has 1 radical (unpaired) electrons. The zero-order valence-electron chi connectivity index (χ0n) is 8.11. The second-order valence-electron chi connectivity index (χ2n) is 2.39. The number of carboxylic acid groups (broad SMARTS) is 1. The maximum Gasteiger partial charge on any atom is 0.344 e. The van der Waals surface area contributed by atoms with E-state index in [4.69, 9.17) is 5.11 Å². The minimum atomic E-state index is -1.24. The maximum absolute atomic E-state index is 10.5. The molecular formula is C7H5N4O5S. The number of carbonyl (C=O) groups is 2. The molecule has 0 unspecified atom stereocenters. The molecule has 0 aromatic carbocycles. The Hall–Kier alpha value is -2.36. The third-order valence-corrected chi connectivity index (χ3v) is 1.91. The number of anilines is 1. The Bertz CT molecular complexity index is 457. The normalized spacial score (nSPS) is 10.7. The van der Waals surface area contributed by atoms with Crippen LogP contribution in [0, 0.1) is 0 Å². The van der Waals surface area contributed by atoms with Gasteiger partial charge in [0.15, 0.2) is 5.71 Å². The van der Waals surface area contributed by atoms with Crippen molar-refractivity contribution in [1.29, 1.82) is 0 Å². The topological polar surface area (TPSA) is 131 Å². The summed E-state index contributed by atoms with van der Waals surface area (Å²) in [4.78, 5) is 38.8. The molecule has 1 rings (SSSR count). The summed E-state index contributed by atoms with van der Waals surface area (Å²) in [7, 11) is 0. The van der Waals surface area contributed by atoms with E-state index in [1.54, 1.807) is 0 Å². The van der Waals surface area contributed by atoms with Gasteiger partial charge in [-0.3, -0.25) is 9.59 Å². The standard InChI is InChI=1S/C7H5N4O5S/c12-1-4(10-16-2-5(14)15)6-9-7(8-3-13)17-11-6/h3H,2H2,(H,14,15)(H,8,9,11,13). The first-order valence-corrected chi connectivity index (χ1v) is 4.79. The Morgan fingerprint density at radius 2 is 2.47 bits per heavy atom. The van der Waals surface area contributed by atoms with Crippen LogP contribution in [0.2, 0.25) is 0 Å². The van der Waals surface area contributed by atoms with E-state index in [9.17, 15) is 14.4 Å². The van der Waals surface area contributed by atoms with Gasteiger partial charge in [0, 0.05) is 11.5 Å². The summed E-state index contributed by atoms with van der Waals surface area (Å²) < 4.78 is 3.69. The zero-order valence-corrected chi connectivity index (χ0v) is 8.93. The van der Waals surface area contributed by atoms with Crippen LogP contribution < -0.4 is 5.32 Å². The van der Waals surface area contributed by atoms with Crippen LogP contribution in [-0.2, 0) is 19.2 Å². The van der Waals surface area contributed by atoms with Gasteiger partial charge in [0.05, 0.1) is 0 Å². The lowest BCUT2D eigenvalue weighted by atomic mass is 10.4. The van der Waals surface area contributed by atoms with E-state index in [0.29, 0.717) is 6.41 Å². The third kappa shape index (κ3) is 3.95. The molecule has 17 heavy (non-hydrogen) atoms. The number of hydrogen-bond acceptors (Lipinski definition) is 8. The van der Waals surface area contributed by atoms with Crippen molar-refractivity contribution in [2.75, 3.05) is 11.9 Å². The highest BCUT2D eigenvalue weighted by atomic mass is 32.1. The SMILES string of the molecule is O=[C]C(=NOCC(=O)O)c1nsc(NC=O)n1. The van der Waals surface area contributed by atoms with E-state index in [1.807, 2.05) is 0 Å². The molecule has 0 aliphatic heterocycles. The van der Waals surface area contributed by atoms with Crippen LogP contribution in [0.1, 0.15) is 5.82 Å². The van der Waals surface area contributed by atoms with E-state index in [-0.39, 0.29) is 16.7 Å². The number of nitrogens with one attached hydrogen (secondary N) is 1. The smallest absolute Gasteiger partial charge is 0.344 e. The van der Waals surface area contributed by atoms with Crippen molar-refractivity contribution in [3.8, 4) is 0 Å². The van der Waals surface area contributed by atoms with Crippen LogP contribution in [0.25, 0.3) is 0 Å². The highest BCUT2D eigenvalue weighted by Gasteiger charge is 2.12. The first kappa shape index (κ1) is 12.7. The largest absolute Gasteiger partial charge is 0.479 e. The number of carbonyl (C=O) groups excluding carboxylic acids is 2. The van der Waals surface area contributed by atoms with Gasteiger partial charge in [-0.1, -0.05) is 5.16 Å². The molecule has 0 saturated heterocycles. The van der Waals surface area contributed by atoms with Crippen LogP contribution in [0.15, 0.2) is 5.16 Å². The van der Waals surface area contributed by atoms with Crippen molar-refractivity contribution in [2.24, 2.45) is 5.16 Å². The molecule has 0 spiro atoms. The molecule has 1 heterocycles. The monoisotopic (exact) mass is 257 g/mol. The Kier molecular flexibility index (Phi) is 4.69. The molecule has 0 bridgehead atoms. The molecule has 0 saturated carbocycles. The van der Waals surface area contributed by atoms with Crippen molar-refractivity contribution < 1.29 is 24.3 Å². The summed E-state index contributed by atoms with van der Waals surface area (Å²) >= 11 is 0.823. The summed E-state index contributed by atoms with van der Waals surface area (Å²) in [5.41, 5.74) is -0.388. The Labute approximate surface area is 98.3 Å². The lowest BCUT2D eigenvalue weighted by Gasteiger charge is -1.93. The molecule has 89 valence electrons. The van der Waals surface area contributed by atoms with E-state index < -0.39 is 12.6 Å². The quantitative estimate of drug-likeness (QED) is 0.364. The molecule has 0 atom stereocenters. The zero-order chi connectivity index (χ0) is 12.7. The van der Waals surface area contributed by atoms with Crippen LogP contribution in [0.4, 0.5) is 5.13 Å². The highest BCUT2D eigenvalue weighted by Crippen LogP contribution is 2.10. The lowest BCUT2D eigenvalue weighted by Crippen LogP contribution is -2.09. The average Bonchev–Trinajstić information content (AvgIpc) is 2.73. The number of amides is 1. The van der Waals surface area contributed by atoms with Gasteiger partial charge in [-0.15, -0.1) is 0 Å². The maximum atomic E-state index is 10.5. The third-order valence-electron chi connectivity index (χ3n) is 1.26. The first-order chi connectivity index (χ1) is 8.17. The van der Waals surface area contributed by atoms with E-state index >= 15 is 0 Å². The lowest BCUT2D eigenvalue weighted by molar-refractivity contribution is -0.142. The second-order valence-corrected chi connectivity index (χ2v) is 3.15. The van der Waals surface area contributed by atoms with Gasteiger partial charge >= 0.3 is 5.97 Å². The van der Waals surface area contributed by atoms with E-state index in [2.05, 4.69) is 24.7 Å². The van der Waals surface area contributed by atoms with E-state index in [1.165, 1.54) is 6.29 Å². The summed E-state index contributed by atoms with van der Waals surface area (Å²) in [5.74, 6) is -1.35. The second kappa shape index (κ2) is 6.27. The summed E-state index contributed by atoms with van der Waals surface area (Å²) in [6.45, 7) is -0.700. The van der Waals surface area contributed by atoms with Crippen LogP contribution in [-0.4, -0.2) is 45.4 Å². The number of aromatic nitrogens is 2. The molecule has 0 aliphatic carbocycles. The average molecular weight is 257 g/mol. The molecule has 9 nitrogen and oxygen atoms in total. The molecule has 0 fully saturated rings. The molecule has 1 aromatic heterocycles. The Balaban J connectivity index is 2.74. The highest BCUT2D eigenvalue weighted by molar-refractivity contribution is 7.10. The van der Waals surface area contributed by atoms with Gasteiger partial charge in [0.25, 0.3) is 6.29 Å². The first-order valence-electron chi connectivity index (χ1n) is 4.01. The molecule has 2 N–H and O–H groups in total. The fraction of sp³-hybridized carbons (Fsp3) is 0.143. The number of carboxylic acids is 1. The summed E-state index contributed by atoms with van der Waals surface area (Å²) in [6, 6.07) is 0. The molecular weight excluding hydrogens is 252 g/mol. The Morgan fingerprint density at radius 3 is 3.06 bits per heavy atom. The summed E-state index contributed by atoms with van der Waals surface area (Å²) in [6.07, 6.45) is 1.79. The van der Waals surface area contributed by atoms with Crippen molar-refractivity contribution in [3.05, 3.63) is 5.82 Å². The van der Waals surface area contributed by atoms with Gasteiger partial charge in [-0.2, -0.15) is 9.36 Å². The van der Waals surface area contributed by atoms with Gasteiger partial charge in [-0.25, -0.2) is 4.79 Å². The van der Waals surface area contributed by atoms with Crippen molar-refractivity contribution in [1.82, 2.24) is 9.36 Å². The fourth-order valence-electron chi connectivity index (χ4n) is 0.686. The van der Waals surface area contributed by atoms with Gasteiger partial charge in [0.1, 0.15) is 0 Å². The van der Waals surface area contributed by atoms with Crippen molar-refractivity contribution in [3.63, 3.8) is 0 Å². The van der Waals surface area contributed by atoms with Gasteiger partial charge < -0.3 is 15.3 Å². The molecule has 1 amide bonds. The minimum Gasteiger partial charge on any atom is -0.479 e. The number of rotatable bonds is 7. The summed E-state index contributed by atoms with van der Waals surface area (Å²) in [5, 5.41) is 13.9. The molecule has 1 aromatic rings. The van der Waals surface area contributed by atoms with Crippen LogP contribution in [0.3, 0.4) is 0 Å². The number of oxime groups is 1. The number of aliphatic carboxylic acids is 1. The minimum absolute atomic E-state index is 0.111. The van der Waals surface area contributed by atoms with Crippen molar-refractivity contribution >= 4 is 41.0 Å². The fourth-order valence-corrected chi connectivity index (χ4v) is 1.21. The number of nitrogens with zero attached hydrogens (tertiary/aromatic N) is 3. The van der Waals surface area contributed by atoms with Gasteiger partial charge in [0.2, 0.25) is 24.0 Å². The van der Waals surface area contributed by atoms with E-state index in [0.717, 1.165) is 11.5 Å². The van der Waals surface area contributed by atoms with Crippen LogP contribution in [0.5, 0.6) is 0 Å². The predicted octanol–water partition coefficient (Wildman–Crippen LogP) is -0.979. The van der Waals surface area contributed by atoms with Crippen LogP contribution >= 0.6 is 11.5 Å². The molecule has 0 aliphatic rings. The Morgan fingerprint density at radius 1 is 1.71 bits per heavy atom.